The highest BCUT2D eigenvalue weighted by Gasteiger charge is 1.86. The Balaban J connectivity index is 2.52. The summed E-state index contributed by atoms with van der Waals surface area (Å²) < 4.78 is 0. The molecule has 2 heteroatoms. The van der Waals surface area contributed by atoms with E-state index in [4.69, 9.17) is 23.2 Å². The number of rotatable bonds is 2. The van der Waals surface area contributed by atoms with Crippen LogP contribution in [0, 0.1) is 11.8 Å². The SMILES string of the molecule is ClCCCC#Cc1ccc(Cl)cc1. The second-order valence-corrected chi connectivity index (χ2v) is 3.42. The van der Waals surface area contributed by atoms with E-state index in [1.807, 2.05) is 24.3 Å². The summed E-state index contributed by atoms with van der Waals surface area (Å²) in [5.74, 6) is 6.76. The molecule has 0 N–H and O–H groups in total. The maximum atomic E-state index is 5.73. The minimum atomic E-state index is 0.676. The van der Waals surface area contributed by atoms with Crippen LogP contribution < -0.4 is 0 Å². The van der Waals surface area contributed by atoms with Crippen LogP contribution >= 0.6 is 23.2 Å². The molecule has 68 valence electrons. The smallest absolute Gasteiger partial charge is 0.0406 e. The third-order valence-corrected chi connectivity index (χ3v) is 2.03. The average Bonchev–Trinajstić information content (AvgIpc) is 2.15. The van der Waals surface area contributed by atoms with Gasteiger partial charge in [-0.25, -0.2) is 0 Å². The van der Waals surface area contributed by atoms with Crippen molar-refractivity contribution in [1.29, 1.82) is 0 Å². The second-order valence-electron chi connectivity index (χ2n) is 2.60. The third-order valence-electron chi connectivity index (χ3n) is 1.51. The number of alkyl halides is 1. The fraction of sp³-hybridized carbons (Fsp3) is 0.273. The summed E-state index contributed by atoms with van der Waals surface area (Å²) in [6, 6.07) is 7.51. The first-order valence-corrected chi connectivity index (χ1v) is 5.04. The molecule has 1 aromatic carbocycles. The molecule has 1 rings (SSSR count). The summed E-state index contributed by atoms with van der Waals surface area (Å²) in [6.07, 6.45) is 1.80. The van der Waals surface area contributed by atoms with E-state index >= 15 is 0 Å². The van der Waals surface area contributed by atoms with Crippen molar-refractivity contribution in [3.05, 3.63) is 34.9 Å². The van der Waals surface area contributed by atoms with E-state index in [1.165, 1.54) is 0 Å². The van der Waals surface area contributed by atoms with Crippen LogP contribution in [0.25, 0.3) is 0 Å². The molecule has 0 aromatic heterocycles. The molecular weight excluding hydrogens is 203 g/mol. The van der Waals surface area contributed by atoms with Gasteiger partial charge in [-0.15, -0.1) is 11.6 Å². The van der Waals surface area contributed by atoms with Gasteiger partial charge in [0, 0.05) is 22.9 Å². The molecule has 0 fully saturated rings. The Morgan fingerprint density at radius 1 is 1.15 bits per heavy atom. The molecule has 0 radical (unpaired) electrons. The second kappa shape index (κ2) is 5.91. The van der Waals surface area contributed by atoms with Crippen LogP contribution in [-0.4, -0.2) is 5.88 Å². The highest BCUT2D eigenvalue weighted by molar-refractivity contribution is 6.30. The summed E-state index contributed by atoms with van der Waals surface area (Å²) in [6.45, 7) is 0. The van der Waals surface area contributed by atoms with Crippen molar-refractivity contribution in [2.45, 2.75) is 12.8 Å². The lowest BCUT2D eigenvalue weighted by Crippen LogP contribution is -1.74. The molecule has 0 unspecified atom stereocenters. The summed E-state index contributed by atoms with van der Waals surface area (Å²) >= 11 is 11.2. The van der Waals surface area contributed by atoms with Crippen molar-refractivity contribution in [2.75, 3.05) is 5.88 Å². The van der Waals surface area contributed by atoms with Gasteiger partial charge in [0.05, 0.1) is 0 Å². The molecule has 0 saturated heterocycles. The topological polar surface area (TPSA) is 0 Å². The normalized spacial score (nSPS) is 9.08. The zero-order valence-corrected chi connectivity index (χ0v) is 8.70. The first-order chi connectivity index (χ1) is 6.33. The highest BCUT2D eigenvalue weighted by atomic mass is 35.5. The number of hydrogen-bond donors (Lipinski definition) is 0. The molecule has 0 aliphatic heterocycles. The highest BCUT2D eigenvalue weighted by Crippen LogP contribution is 2.08. The van der Waals surface area contributed by atoms with Crippen LogP contribution in [0.4, 0.5) is 0 Å². The van der Waals surface area contributed by atoms with E-state index in [2.05, 4.69) is 11.8 Å². The summed E-state index contributed by atoms with van der Waals surface area (Å²) in [7, 11) is 0. The number of hydrogen-bond acceptors (Lipinski definition) is 0. The maximum absolute atomic E-state index is 5.73. The zero-order valence-electron chi connectivity index (χ0n) is 7.19. The predicted molar refractivity (Wildman–Crippen MR) is 58.3 cm³/mol. The summed E-state index contributed by atoms with van der Waals surface area (Å²) in [4.78, 5) is 0. The van der Waals surface area contributed by atoms with Gasteiger partial charge >= 0.3 is 0 Å². The minimum Gasteiger partial charge on any atom is -0.127 e. The monoisotopic (exact) mass is 212 g/mol. The molecule has 0 heterocycles. The van der Waals surface area contributed by atoms with Gasteiger partial charge in [0.25, 0.3) is 0 Å². The van der Waals surface area contributed by atoms with E-state index in [0.717, 1.165) is 23.4 Å². The van der Waals surface area contributed by atoms with Crippen LogP contribution in [0.3, 0.4) is 0 Å². The largest absolute Gasteiger partial charge is 0.127 e. The van der Waals surface area contributed by atoms with E-state index < -0.39 is 0 Å². The Morgan fingerprint density at radius 2 is 1.85 bits per heavy atom. The fourth-order valence-electron chi connectivity index (χ4n) is 0.853. The van der Waals surface area contributed by atoms with Crippen molar-refractivity contribution < 1.29 is 0 Å². The molecule has 0 spiro atoms. The van der Waals surface area contributed by atoms with Gasteiger partial charge in [-0.1, -0.05) is 23.4 Å². The molecule has 0 bridgehead atoms. The molecule has 0 saturated carbocycles. The van der Waals surface area contributed by atoms with E-state index in [-0.39, 0.29) is 0 Å². The average molecular weight is 213 g/mol. The van der Waals surface area contributed by atoms with Crippen LogP contribution in [0.1, 0.15) is 18.4 Å². The number of benzene rings is 1. The van der Waals surface area contributed by atoms with Gasteiger partial charge < -0.3 is 0 Å². The molecule has 0 amide bonds. The molecule has 0 nitrogen and oxygen atoms in total. The molecular formula is C11H10Cl2. The molecule has 0 atom stereocenters. The summed E-state index contributed by atoms with van der Waals surface area (Å²) in [5, 5.41) is 0.742. The minimum absolute atomic E-state index is 0.676. The lowest BCUT2D eigenvalue weighted by molar-refractivity contribution is 0.991. The van der Waals surface area contributed by atoms with Gasteiger partial charge in [-0.2, -0.15) is 0 Å². The van der Waals surface area contributed by atoms with E-state index in [1.54, 1.807) is 0 Å². The Bertz CT molecular complexity index is 303. The van der Waals surface area contributed by atoms with Gasteiger partial charge in [0.1, 0.15) is 0 Å². The zero-order chi connectivity index (χ0) is 9.52. The molecule has 1 aromatic rings. The van der Waals surface area contributed by atoms with Crippen LogP contribution in [0.5, 0.6) is 0 Å². The quantitative estimate of drug-likeness (QED) is 0.399. The van der Waals surface area contributed by atoms with Gasteiger partial charge in [0.15, 0.2) is 0 Å². The van der Waals surface area contributed by atoms with Crippen LogP contribution in [-0.2, 0) is 0 Å². The number of unbranched alkanes of at least 4 members (excludes halogenated alkanes) is 1. The van der Waals surface area contributed by atoms with E-state index in [0.29, 0.717) is 5.88 Å². The van der Waals surface area contributed by atoms with Crippen LogP contribution in [0.15, 0.2) is 24.3 Å². The van der Waals surface area contributed by atoms with Crippen molar-refractivity contribution in [3.8, 4) is 11.8 Å². The molecule has 0 aliphatic carbocycles. The Hall–Kier alpha value is -0.640. The number of halogens is 2. The standard InChI is InChI=1S/C11H10Cl2/c12-9-3-1-2-4-10-5-7-11(13)8-6-10/h5-8H,1,3,9H2. The van der Waals surface area contributed by atoms with Crippen molar-refractivity contribution in [2.24, 2.45) is 0 Å². The maximum Gasteiger partial charge on any atom is 0.0406 e. The molecule has 0 aliphatic rings. The van der Waals surface area contributed by atoms with Crippen molar-refractivity contribution >= 4 is 23.2 Å². The lowest BCUT2D eigenvalue weighted by atomic mass is 10.2. The van der Waals surface area contributed by atoms with Gasteiger partial charge in [0.2, 0.25) is 0 Å². The lowest BCUT2D eigenvalue weighted by Gasteiger charge is -1.89. The fourth-order valence-corrected chi connectivity index (χ4v) is 1.11. The summed E-state index contributed by atoms with van der Waals surface area (Å²) in [5.41, 5.74) is 0.999. The van der Waals surface area contributed by atoms with Gasteiger partial charge in [-0.3, -0.25) is 0 Å². The van der Waals surface area contributed by atoms with Crippen LogP contribution in [0.2, 0.25) is 5.02 Å². The van der Waals surface area contributed by atoms with Gasteiger partial charge in [-0.05, 0) is 30.7 Å². The third kappa shape index (κ3) is 4.22. The first-order valence-electron chi connectivity index (χ1n) is 4.13. The van der Waals surface area contributed by atoms with Crippen molar-refractivity contribution in [3.63, 3.8) is 0 Å². The molecule has 13 heavy (non-hydrogen) atoms. The van der Waals surface area contributed by atoms with Crippen molar-refractivity contribution in [1.82, 2.24) is 0 Å². The Kier molecular flexibility index (Phi) is 4.75. The predicted octanol–water partition coefficient (Wildman–Crippen LogP) is 3.71. The van der Waals surface area contributed by atoms with E-state index in [9.17, 15) is 0 Å². The Morgan fingerprint density at radius 3 is 2.46 bits per heavy atom. The first kappa shape index (κ1) is 10.4. The Labute approximate surface area is 88.9 Å².